The van der Waals surface area contributed by atoms with Crippen molar-refractivity contribution >= 4 is 19.8 Å². The number of carbonyl (C=O) groups excluding carboxylic acids is 2. The van der Waals surface area contributed by atoms with E-state index in [0.29, 0.717) is 17.4 Å². The number of rotatable bonds is 59. The fourth-order valence-corrected chi connectivity index (χ4v) is 9.94. The number of carbonyl (C=O) groups is 2. The van der Waals surface area contributed by atoms with E-state index in [1.807, 2.05) is 33.3 Å². The van der Waals surface area contributed by atoms with Crippen molar-refractivity contribution in [3.8, 4) is 0 Å². The van der Waals surface area contributed by atoms with Gasteiger partial charge >= 0.3 is 11.9 Å². The van der Waals surface area contributed by atoms with Gasteiger partial charge in [-0.15, -0.1) is 0 Å². The third-order valence-electron chi connectivity index (χ3n) is 14.1. The van der Waals surface area contributed by atoms with Gasteiger partial charge < -0.3 is 27.9 Å². The summed E-state index contributed by atoms with van der Waals surface area (Å²) < 4.78 is 34.0. The Morgan fingerprint density at radius 3 is 1.07 bits per heavy atom. The van der Waals surface area contributed by atoms with Crippen LogP contribution in [0.15, 0.2) is 60.8 Å². The zero-order chi connectivity index (χ0) is 55.6. The molecule has 0 fully saturated rings. The first-order valence-electron chi connectivity index (χ1n) is 32.0. The Labute approximate surface area is 470 Å². The topological polar surface area (TPSA) is 111 Å². The average molecular weight is 1090 g/mol. The molecule has 76 heavy (non-hydrogen) atoms. The second-order valence-electron chi connectivity index (χ2n) is 22.8. The first-order valence-corrected chi connectivity index (χ1v) is 33.5. The van der Waals surface area contributed by atoms with Crippen LogP contribution in [0.5, 0.6) is 0 Å². The lowest BCUT2D eigenvalue weighted by Crippen LogP contribution is -2.37. The molecule has 0 aliphatic carbocycles. The maximum absolute atomic E-state index is 12.7. The number of phosphoric acid groups is 1. The van der Waals surface area contributed by atoms with Gasteiger partial charge in [-0.3, -0.25) is 14.2 Å². The van der Waals surface area contributed by atoms with E-state index in [2.05, 4.69) is 56.4 Å². The molecule has 0 aromatic rings. The molecule has 10 heteroatoms. The van der Waals surface area contributed by atoms with Crippen molar-refractivity contribution in [2.75, 3.05) is 47.5 Å². The minimum Gasteiger partial charge on any atom is -0.756 e. The third-order valence-corrected chi connectivity index (χ3v) is 15.0. The van der Waals surface area contributed by atoms with E-state index >= 15 is 0 Å². The predicted molar refractivity (Wildman–Crippen MR) is 323 cm³/mol. The van der Waals surface area contributed by atoms with Crippen molar-refractivity contribution in [1.29, 1.82) is 0 Å². The fourth-order valence-electron chi connectivity index (χ4n) is 9.21. The molecule has 0 saturated carbocycles. The van der Waals surface area contributed by atoms with Gasteiger partial charge in [0, 0.05) is 6.42 Å². The molecule has 0 N–H and O–H groups in total. The van der Waals surface area contributed by atoms with Crippen LogP contribution in [-0.4, -0.2) is 70.0 Å². The quantitative estimate of drug-likeness (QED) is 0.0195. The molecule has 0 amide bonds. The highest BCUT2D eigenvalue weighted by Gasteiger charge is 2.21. The van der Waals surface area contributed by atoms with E-state index in [1.165, 1.54) is 218 Å². The van der Waals surface area contributed by atoms with Crippen molar-refractivity contribution in [1.82, 2.24) is 0 Å². The molecule has 0 radical (unpaired) electrons. The van der Waals surface area contributed by atoms with Crippen molar-refractivity contribution in [3.05, 3.63) is 60.8 Å². The van der Waals surface area contributed by atoms with Crippen LogP contribution in [0.4, 0.5) is 0 Å². The minimum atomic E-state index is -4.66. The number of hydrogen-bond donors (Lipinski definition) is 0. The molecule has 0 bridgehead atoms. The van der Waals surface area contributed by atoms with E-state index in [9.17, 15) is 19.0 Å². The van der Waals surface area contributed by atoms with Crippen LogP contribution in [0.2, 0.25) is 0 Å². The molecule has 0 rings (SSSR count). The number of hydrogen-bond acceptors (Lipinski definition) is 8. The van der Waals surface area contributed by atoms with Gasteiger partial charge in [0.05, 0.1) is 34.2 Å². The highest BCUT2D eigenvalue weighted by Crippen LogP contribution is 2.38. The molecule has 0 aromatic heterocycles. The SMILES string of the molecule is CC/C=C\C/C=C\C/C=C\C/C=C\C/C=C\CC(=O)OC(COC(=O)CCCCCCCCCCCCCCCCCCCCCCCCCCCCCCCCCCCCCCC)COP(=O)([O-])OCC[N+](C)(C)C. The molecule has 0 aliphatic rings. The van der Waals surface area contributed by atoms with Gasteiger partial charge in [0.25, 0.3) is 7.82 Å². The van der Waals surface area contributed by atoms with Gasteiger partial charge in [-0.05, 0) is 38.5 Å². The van der Waals surface area contributed by atoms with Crippen LogP contribution in [0.1, 0.15) is 296 Å². The lowest BCUT2D eigenvalue weighted by atomic mass is 10.0. The summed E-state index contributed by atoms with van der Waals surface area (Å²) in [5.41, 5.74) is 0. The van der Waals surface area contributed by atoms with Gasteiger partial charge in [0.2, 0.25) is 0 Å². The average Bonchev–Trinajstić information content (AvgIpc) is 3.38. The molecule has 0 heterocycles. The Bertz CT molecular complexity index is 1470. The van der Waals surface area contributed by atoms with E-state index in [1.54, 1.807) is 6.08 Å². The highest BCUT2D eigenvalue weighted by atomic mass is 31.2. The lowest BCUT2D eigenvalue weighted by Gasteiger charge is -2.28. The van der Waals surface area contributed by atoms with Gasteiger partial charge in [0.15, 0.2) is 6.10 Å². The predicted octanol–water partition coefficient (Wildman–Crippen LogP) is 19.6. The zero-order valence-electron chi connectivity index (χ0n) is 50.5. The first kappa shape index (κ1) is 73.7. The van der Waals surface area contributed by atoms with Crippen LogP contribution >= 0.6 is 7.82 Å². The number of ether oxygens (including phenoxy) is 2. The van der Waals surface area contributed by atoms with E-state index in [0.717, 1.165) is 44.9 Å². The number of nitrogens with zero attached hydrogens (tertiary/aromatic N) is 1. The second kappa shape index (κ2) is 57.4. The molecule has 2 unspecified atom stereocenters. The second-order valence-corrected chi connectivity index (χ2v) is 24.2. The van der Waals surface area contributed by atoms with E-state index < -0.39 is 32.5 Å². The molecule has 444 valence electrons. The standard InChI is InChI=1S/C66H122NO8P/c1-6-8-10-12-14-16-18-20-22-23-24-25-26-27-28-29-30-31-32-33-34-35-36-37-38-39-40-41-42-43-45-46-48-50-52-54-56-58-65(68)72-62-64(63-74-76(70,71)73-61-60-67(3,4)5)75-66(69)59-57-55-53-51-49-47-44-21-19-17-15-13-11-9-7-2/h9,11,15,17,21,44,49,51,55,57,64H,6-8,10,12-14,16,18-20,22-43,45-48,50,52-54,56,58-63H2,1-5H3/b11-9-,17-15-,44-21-,51-49-,57-55-. The summed E-state index contributed by atoms with van der Waals surface area (Å²) in [7, 11) is 1.11. The molecule has 0 spiro atoms. The Morgan fingerprint density at radius 1 is 0.421 bits per heavy atom. The first-order chi connectivity index (χ1) is 37.0. The molecule has 0 aliphatic heterocycles. The summed E-state index contributed by atoms with van der Waals surface area (Å²) in [6.07, 6.45) is 75.1. The molecule has 9 nitrogen and oxygen atoms in total. The lowest BCUT2D eigenvalue weighted by molar-refractivity contribution is -0.870. The largest absolute Gasteiger partial charge is 0.756 e. The highest BCUT2D eigenvalue weighted by molar-refractivity contribution is 7.45. The molecule has 2 atom stereocenters. The van der Waals surface area contributed by atoms with Crippen LogP contribution in [0.3, 0.4) is 0 Å². The van der Waals surface area contributed by atoms with Crippen molar-refractivity contribution in [2.45, 2.75) is 302 Å². The number of esters is 2. The van der Waals surface area contributed by atoms with Crippen LogP contribution in [-0.2, 0) is 32.7 Å². The third kappa shape index (κ3) is 60.9. The van der Waals surface area contributed by atoms with Gasteiger partial charge in [0.1, 0.15) is 19.8 Å². The molecular weight excluding hydrogens is 966 g/mol. The summed E-state index contributed by atoms with van der Waals surface area (Å²) in [5, 5.41) is 0. The van der Waals surface area contributed by atoms with Gasteiger partial charge in [-0.1, -0.05) is 306 Å². The normalized spacial score (nSPS) is 13.6. The minimum absolute atomic E-state index is 0.00718. The summed E-state index contributed by atoms with van der Waals surface area (Å²) >= 11 is 0. The summed E-state index contributed by atoms with van der Waals surface area (Å²) in [6, 6.07) is 0. The zero-order valence-corrected chi connectivity index (χ0v) is 51.3. The van der Waals surface area contributed by atoms with Crippen LogP contribution in [0.25, 0.3) is 0 Å². The number of unbranched alkanes of at least 4 members (excludes halogenated alkanes) is 36. The Morgan fingerprint density at radius 2 is 0.737 bits per heavy atom. The monoisotopic (exact) mass is 1090 g/mol. The maximum Gasteiger partial charge on any atom is 0.310 e. The summed E-state index contributed by atoms with van der Waals surface area (Å²) in [4.78, 5) is 37.7. The molecule has 0 aromatic carbocycles. The molecule has 0 saturated heterocycles. The Hall–Kier alpha value is -2.29. The number of allylic oxidation sites excluding steroid dienone is 9. The summed E-state index contributed by atoms with van der Waals surface area (Å²) in [5.74, 6) is -0.973. The van der Waals surface area contributed by atoms with Crippen molar-refractivity contribution in [3.63, 3.8) is 0 Å². The number of phosphoric ester groups is 1. The maximum atomic E-state index is 12.7. The summed E-state index contributed by atoms with van der Waals surface area (Å²) in [6.45, 7) is 4.04. The van der Waals surface area contributed by atoms with Gasteiger partial charge in [-0.25, -0.2) is 0 Å². The fraction of sp³-hybridized carbons (Fsp3) is 0.818. The van der Waals surface area contributed by atoms with Crippen molar-refractivity contribution in [2.24, 2.45) is 0 Å². The van der Waals surface area contributed by atoms with Crippen LogP contribution in [0, 0.1) is 0 Å². The smallest absolute Gasteiger partial charge is 0.310 e. The van der Waals surface area contributed by atoms with Gasteiger partial charge in [-0.2, -0.15) is 0 Å². The van der Waals surface area contributed by atoms with E-state index in [-0.39, 0.29) is 26.1 Å². The van der Waals surface area contributed by atoms with E-state index in [4.69, 9.17) is 18.5 Å². The number of likely N-dealkylation sites (N-methyl/N-ethyl adjacent to an activating group) is 1. The van der Waals surface area contributed by atoms with Crippen molar-refractivity contribution < 1.29 is 42.1 Å². The Kier molecular flexibility index (Phi) is 55.7. The molecular formula is C66H122NO8P. The Balaban J connectivity index is 3.93. The number of quaternary nitrogens is 1. The van der Waals surface area contributed by atoms with Crippen LogP contribution < -0.4 is 4.89 Å².